The molecule has 0 bridgehead atoms. The summed E-state index contributed by atoms with van der Waals surface area (Å²) in [5.74, 6) is 0. The smallest absolute Gasteiger partial charge is 0.265 e. The monoisotopic (exact) mass is 305 g/mol. The van der Waals surface area contributed by atoms with Gasteiger partial charge in [0.15, 0.2) is 0 Å². The summed E-state index contributed by atoms with van der Waals surface area (Å²) < 4.78 is 27.9. The van der Waals surface area contributed by atoms with Gasteiger partial charge in [0, 0.05) is 19.4 Å². The highest BCUT2D eigenvalue weighted by molar-refractivity contribution is 7.92. The lowest BCUT2D eigenvalue weighted by Crippen LogP contribution is -2.17. The van der Waals surface area contributed by atoms with Crippen LogP contribution in [0.15, 0.2) is 41.6 Å². The summed E-state index contributed by atoms with van der Waals surface area (Å²) in [5, 5.41) is 2.87. The van der Waals surface area contributed by atoms with Crippen LogP contribution in [-0.2, 0) is 16.4 Å². The van der Waals surface area contributed by atoms with Gasteiger partial charge in [-0.3, -0.25) is 9.71 Å². The first kappa shape index (κ1) is 15.3. The SMILES string of the molecule is CCc1cccc(C)c1NS(=O)(=O)c1cnccc1NC. The zero-order chi connectivity index (χ0) is 15.5. The maximum absolute atomic E-state index is 12.6. The second-order valence-electron chi connectivity index (χ2n) is 4.69. The molecule has 112 valence electrons. The topological polar surface area (TPSA) is 71.1 Å². The summed E-state index contributed by atoms with van der Waals surface area (Å²) in [7, 11) is -2.01. The van der Waals surface area contributed by atoms with Crippen molar-refractivity contribution < 1.29 is 8.42 Å². The van der Waals surface area contributed by atoms with Gasteiger partial charge in [0.05, 0.1) is 11.4 Å². The second kappa shape index (κ2) is 6.13. The summed E-state index contributed by atoms with van der Waals surface area (Å²) in [6.45, 7) is 3.88. The molecule has 21 heavy (non-hydrogen) atoms. The molecule has 5 nitrogen and oxygen atoms in total. The third-order valence-corrected chi connectivity index (χ3v) is 4.70. The summed E-state index contributed by atoms with van der Waals surface area (Å²) in [5.41, 5.74) is 3.02. The lowest BCUT2D eigenvalue weighted by atomic mass is 10.1. The molecule has 0 aliphatic carbocycles. The Morgan fingerprint density at radius 2 is 2.00 bits per heavy atom. The third kappa shape index (κ3) is 3.16. The summed E-state index contributed by atoms with van der Waals surface area (Å²) >= 11 is 0. The van der Waals surface area contributed by atoms with Crippen LogP contribution < -0.4 is 10.0 Å². The van der Waals surface area contributed by atoms with Crippen LogP contribution in [0.5, 0.6) is 0 Å². The van der Waals surface area contributed by atoms with Gasteiger partial charge in [-0.05, 0) is 30.5 Å². The van der Waals surface area contributed by atoms with Crippen molar-refractivity contribution in [3.8, 4) is 0 Å². The highest BCUT2D eigenvalue weighted by Gasteiger charge is 2.20. The first-order valence-electron chi connectivity index (χ1n) is 6.72. The Kier molecular flexibility index (Phi) is 4.47. The molecule has 2 N–H and O–H groups in total. The molecule has 1 aromatic carbocycles. The predicted molar refractivity (Wildman–Crippen MR) is 85.1 cm³/mol. The van der Waals surface area contributed by atoms with Crippen LogP contribution in [0, 0.1) is 6.92 Å². The van der Waals surface area contributed by atoms with Gasteiger partial charge in [0.25, 0.3) is 10.0 Å². The van der Waals surface area contributed by atoms with Gasteiger partial charge in [-0.2, -0.15) is 0 Å². The molecule has 1 heterocycles. The van der Waals surface area contributed by atoms with Gasteiger partial charge in [-0.25, -0.2) is 8.42 Å². The van der Waals surface area contributed by atoms with Crippen LogP contribution in [0.1, 0.15) is 18.1 Å². The normalized spacial score (nSPS) is 11.2. The Hall–Kier alpha value is -2.08. The van der Waals surface area contributed by atoms with Gasteiger partial charge >= 0.3 is 0 Å². The number of aryl methyl sites for hydroxylation is 2. The first-order valence-corrected chi connectivity index (χ1v) is 8.21. The number of anilines is 2. The fraction of sp³-hybridized carbons (Fsp3) is 0.267. The van der Waals surface area contributed by atoms with Crippen molar-refractivity contribution in [1.29, 1.82) is 0 Å². The molecule has 1 aromatic heterocycles. The minimum Gasteiger partial charge on any atom is -0.387 e. The fourth-order valence-electron chi connectivity index (χ4n) is 2.16. The molecule has 0 radical (unpaired) electrons. The average Bonchev–Trinajstić information content (AvgIpc) is 2.49. The van der Waals surface area contributed by atoms with E-state index in [2.05, 4.69) is 15.0 Å². The maximum atomic E-state index is 12.6. The van der Waals surface area contributed by atoms with E-state index in [9.17, 15) is 8.42 Å². The van der Waals surface area contributed by atoms with Crippen LogP contribution in [0.2, 0.25) is 0 Å². The molecule has 2 aromatic rings. The Bertz CT molecular complexity index is 742. The number of rotatable bonds is 5. The van der Waals surface area contributed by atoms with Gasteiger partial charge in [0.1, 0.15) is 4.90 Å². The van der Waals surface area contributed by atoms with E-state index in [0.717, 1.165) is 17.5 Å². The number of nitrogens with zero attached hydrogens (tertiary/aromatic N) is 1. The molecule has 0 unspecified atom stereocenters. The summed E-state index contributed by atoms with van der Waals surface area (Å²) in [6.07, 6.45) is 3.65. The number of pyridine rings is 1. The van der Waals surface area contributed by atoms with Crippen LogP contribution in [0.3, 0.4) is 0 Å². The Morgan fingerprint density at radius 3 is 2.67 bits per heavy atom. The molecule has 0 aliphatic rings. The van der Waals surface area contributed by atoms with E-state index >= 15 is 0 Å². The number of hydrogen-bond acceptors (Lipinski definition) is 4. The van der Waals surface area contributed by atoms with E-state index < -0.39 is 10.0 Å². The number of sulfonamides is 1. The van der Waals surface area contributed by atoms with E-state index in [1.165, 1.54) is 6.20 Å². The molecule has 0 spiro atoms. The zero-order valence-corrected chi connectivity index (χ0v) is 13.2. The van der Waals surface area contributed by atoms with Gasteiger partial charge in [0.2, 0.25) is 0 Å². The number of benzene rings is 1. The molecular formula is C15H19N3O2S. The highest BCUT2D eigenvalue weighted by atomic mass is 32.2. The lowest BCUT2D eigenvalue weighted by Gasteiger charge is -2.15. The molecule has 0 amide bonds. The van der Waals surface area contributed by atoms with E-state index in [4.69, 9.17) is 0 Å². The van der Waals surface area contributed by atoms with E-state index in [0.29, 0.717) is 11.4 Å². The van der Waals surface area contributed by atoms with Gasteiger partial charge in [-0.1, -0.05) is 25.1 Å². The minimum absolute atomic E-state index is 0.137. The molecule has 0 saturated carbocycles. The van der Waals surface area contributed by atoms with Gasteiger partial charge < -0.3 is 5.32 Å². The molecular weight excluding hydrogens is 286 g/mol. The van der Waals surface area contributed by atoms with Crippen molar-refractivity contribution in [3.05, 3.63) is 47.8 Å². The molecule has 2 rings (SSSR count). The minimum atomic E-state index is -3.69. The maximum Gasteiger partial charge on any atom is 0.265 e. The highest BCUT2D eigenvalue weighted by Crippen LogP contribution is 2.27. The summed E-state index contributed by atoms with van der Waals surface area (Å²) in [6, 6.07) is 7.37. The Balaban J connectivity index is 2.48. The first-order chi connectivity index (χ1) is 9.99. The largest absolute Gasteiger partial charge is 0.387 e. The van der Waals surface area contributed by atoms with Gasteiger partial charge in [-0.15, -0.1) is 0 Å². The van der Waals surface area contributed by atoms with E-state index in [1.807, 2.05) is 32.0 Å². The van der Waals surface area contributed by atoms with Crippen molar-refractivity contribution in [2.45, 2.75) is 25.2 Å². The quantitative estimate of drug-likeness (QED) is 0.891. The average molecular weight is 305 g/mol. The van der Waals surface area contributed by atoms with Crippen LogP contribution in [-0.4, -0.2) is 20.4 Å². The van der Waals surface area contributed by atoms with Crippen molar-refractivity contribution in [1.82, 2.24) is 4.98 Å². The van der Waals surface area contributed by atoms with Crippen LogP contribution in [0.25, 0.3) is 0 Å². The third-order valence-electron chi connectivity index (χ3n) is 3.32. The van der Waals surface area contributed by atoms with E-state index in [1.54, 1.807) is 19.3 Å². The molecule has 0 atom stereocenters. The number of nitrogens with one attached hydrogen (secondary N) is 2. The fourth-order valence-corrected chi connectivity index (χ4v) is 3.49. The Labute approximate surface area is 125 Å². The molecule has 0 saturated heterocycles. The van der Waals surface area contributed by atoms with E-state index in [-0.39, 0.29) is 4.90 Å². The number of aromatic nitrogens is 1. The lowest BCUT2D eigenvalue weighted by molar-refractivity contribution is 0.601. The number of para-hydroxylation sites is 1. The van der Waals surface area contributed by atoms with Crippen molar-refractivity contribution in [2.75, 3.05) is 17.1 Å². The van der Waals surface area contributed by atoms with Crippen molar-refractivity contribution in [2.24, 2.45) is 0 Å². The zero-order valence-electron chi connectivity index (χ0n) is 12.3. The molecule has 0 aliphatic heterocycles. The molecule has 0 fully saturated rings. The number of hydrogen-bond donors (Lipinski definition) is 2. The van der Waals surface area contributed by atoms with Crippen LogP contribution >= 0.6 is 0 Å². The Morgan fingerprint density at radius 1 is 1.24 bits per heavy atom. The van der Waals surface area contributed by atoms with Crippen LogP contribution in [0.4, 0.5) is 11.4 Å². The predicted octanol–water partition coefficient (Wildman–Crippen LogP) is 2.79. The molecule has 6 heteroatoms. The standard InChI is InChI=1S/C15H19N3O2S/c1-4-12-7-5-6-11(2)15(12)18-21(19,20)14-10-17-9-8-13(14)16-3/h5-10,18H,4H2,1-3H3,(H,16,17). The van der Waals surface area contributed by atoms with Crippen molar-refractivity contribution in [3.63, 3.8) is 0 Å². The second-order valence-corrected chi connectivity index (χ2v) is 6.34. The van der Waals surface area contributed by atoms with Crippen molar-refractivity contribution >= 4 is 21.4 Å². The summed E-state index contributed by atoms with van der Waals surface area (Å²) in [4.78, 5) is 4.04.